The lowest BCUT2D eigenvalue weighted by Gasteiger charge is -2.46. The average Bonchev–Trinajstić information content (AvgIpc) is 3.13. The predicted molar refractivity (Wildman–Crippen MR) is 205 cm³/mol. The lowest BCUT2D eigenvalue weighted by atomic mass is 9.66. The number of hydrogen-bond donors (Lipinski definition) is 4. The number of rotatable bonds is 11. The molecule has 0 spiro atoms. The van der Waals surface area contributed by atoms with Gasteiger partial charge >= 0.3 is 0 Å². The Labute approximate surface area is 324 Å². The molecule has 0 radical (unpaired) electrons. The van der Waals surface area contributed by atoms with Crippen LogP contribution in [0.15, 0.2) is 20.5 Å². The molecule has 310 valence electrons. The number of nitrogens with two attached hydrogens (primary N) is 2. The first-order valence-corrected chi connectivity index (χ1v) is 25.7. The van der Waals surface area contributed by atoms with Gasteiger partial charge in [-0.1, -0.05) is 12.8 Å². The van der Waals surface area contributed by atoms with Crippen molar-refractivity contribution in [1.82, 2.24) is 0 Å². The van der Waals surface area contributed by atoms with Crippen LogP contribution in [0.3, 0.4) is 0 Å². The van der Waals surface area contributed by atoms with Gasteiger partial charge in [-0.15, -0.1) is 0 Å². The minimum absolute atomic E-state index is 0.103. The average molecular weight is 841 g/mol. The molecular weight excluding hydrogens is 781 g/mol. The molecule has 0 aromatic rings. The van der Waals surface area contributed by atoms with Gasteiger partial charge in [0.25, 0.3) is 20.2 Å². The van der Waals surface area contributed by atoms with E-state index in [0.29, 0.717) is 83.5 Å². The molecule has 0 saturated heterocycles. The highest BCUT2D eigenvalue weighted by Crippen LogP contribution is 2.46. The van der Waals surface area contributed by atoms with Gasteiger partial charge in [0.1, 0.15) is 0 Å². The van der Waals surface area contributed by atoms with E-state index in [4.69, 9.17) is 41.4 Å². The lowest BCUT2D eigenvalue weighted by molar-refractivity contribution is 0.0516. The summed E-state index contributed by atoms with van der Waals surface area (Å²) in [5, 5.41) is 16.3. The summed E-state index contributed by atoms with van der Waals surface area (Å²) < 4.78 is 108. The fraction of sp³-hybridized carbons (Fsp3) is 1.00. The standard InChI is InChI=1S/C34H60N6O10S4/c1-49-29-15-9-19(17-27(29)39-37-25-13-11-23(35)33-21(25)5-3-7-31(33)52(41,42)43)51-54(47,48)20-10-16-30(50-2)28(18-20)40-38-26-14-12-24(36)34-22(26)6-4-8-32(34)53(44,45)46/h19-34H,3-18,35-36H2,1-2H3,(H,41,42,43)(H,44,45,46). The van der Waals surface area contributed by atoms with Crippen LogP contribution in [0, 0.1) is 23.7 Å². The molecule has 0 heterocycles. The molecular formula is C34H60N6O10S4. The Bertz CT molecular complexity index is 1690. The molecule has 20 heteroatoms. The molecule has 6 aliphatic carbocycles. The maximum absolute atomic E-state index is 14.0. The molecule has 0 amide bonds. The minimum atomic E-state index is -4.26. The van der Waals surface area contributed by atoms with Gasteiger partial charge in [0.2, 0.25) is 8.87 Å². The third-order valence-electron chi connectivity index (χ3n) is 13.7. The molecule has 16 atom stereocenters. The summed E-state index contributed by atoms with van der Waals surface area (Å²) in [5.74, 6) is -1.02. The first-order valence-electron chi connectivity index (χ1n) is 19.7. The van der Waals surface area contributed by atoms with Crippen molar-refractivity contribution in [2.75, 3.05) is 14.2 Å². The number of nitrogens with zero attached hydrogens (tertiary/aromatic N) is 4. The van der Waals surface area contributed by atoms with Crippen LogP contribution in [0.25, 0.3) is 0 Å². The maximum Gasteiger partial charge on any atom is 0.268 e. The molecule has 54 heavy (non-hydrogen) atoms. The summed E-state index contributed by atoms with van der Waals surface area (Å²) in [6, 6.07) is -2.00. The van der Waals surface area contributed by atoms with Crippen molar-refractivity contribution in [3.05, 3.63) is 0 Å². The normalized spacial score (nSPS) is 44.2. The van der Waals surface area contributed by atoms with Gasteiger partial charge in [0, 0.05) is 31.6 Å². The second-order valence-electron chi connectivity index (χ2n) is 16.7. The summed E-state index contributed by atoms with van der Waals surface area (Å²) in [4.78, 5) is 0. The van der Waals surface area contributed by atoms with E-state index in [1.165, 1.54) is 0 Å². The summed E-state index contributed by atoms with van der Waals surface area (Å²) >= 11 is 0. The largest absolute Gasteiger partial charge is 0.379 e. The molecule has 6 rings (SSSR count). The van der Waals surface area contributed by atoms with Crippen LogP contribution in [0.5, 0.6) is 0 Å². The van der Waals surface area contributed by atoms with E-state index in [-0.39, 0.29) is 71.8 Å². The van der Waals surface area contributed by atoms with Crippen LogP contribution in [-0.2, 0) is 38.6 Å². The van der Waals surface area contributed by atoms with E-state index in [2.05, 4.69) is 0 Å². The molecule has 0 aromatic heterocycles. The summed E-state index contributed by atoms with van der Waals surface area (Å²) in [6.07, 6.45) is 8.46. The number of methoxy groups -OCH3 is 2. The number of ether oxygens (including phenoxy) is 2. The monoisotopic (exact) mass is 840 g/mol. The molecule has 6 aliphatic rings. The van der Waals surface area contributed by atoms with E-state index in [1.54, 1.807) is 14.2 Å². The molecule has 16 nitrogen and oxygen atoms in total. The fourth-order valence-electron chi connectivity index (χ4n) is 11.0. The fourth-order valence-corrected chi connectivity index (χ4v) is 18.0. The van der Waals surface area contributed by atoms with E-state index in [1.807, 2.05) is 0 Å². The van der Waals surface area contributed by atoms with Gasteiger partial charge in [0.15, 0.2) is 0 Å². The van der Waals surface area contributed by atoms with Crippen molar-refractivity contribution >= 4 is 39.9 Å². The van der Waals surface area contributed by atoms with Gasteiger partial charge in [0.05, 0.1) is 52.1 Å². The van der Waals surface area contributed by atoms with Gasteiger partial charge in [-0.2, -0.15) is 37.3 Å². The smallest absolute Gasteiger partial charge is 0.268 e. The van der Waals surface area contributed by atoms with Crippen LogP contribution in [0.2, 0.25) is 0 Å². The van der Waals surface area contributed by atoms with E-state index < -0.39 is 56.8 Å². The minimum Gasteiger partial charge on any atom is -0.379 e. The Morgan fingerprint density at radius 1 is 0.556 bits per heavy atom. The molecule has 16 unspecified atom stereocenters. The third-order valence-corrected chi connectivity index (χ3v) is 20.9. The maximum atomic E-state index is 14.0. The summed E-state index contributed by atoms with van der Waals surface area (Å²) in [6.45, 7) is 0. The second kappa shape index (κ2) is 17.6. The van der Waals surface area contributed by atoms with Crippen LogP contribution >= 0.6 is 10.8 Å². The van der Waals surface area contributed by atoms with Gasteiger partial charge in [-0.05, 0) is 124 Å². The van der Waals surface area contributed by atoms with Crippen molar-refractivity contribution in [3.63, 3.8) is 0 Å². The highest BCUT2D eigenvalue weighted by atomic mass is 33.1. The predicted octanol–water partition coefficient (Wildman–Crippen LogP) is 4.15. The van der Waals surface area contributed by atoms with Crippen LogP contribution in [-0.4, -0.2) is 118 Å². The molecule has 6 saturated carbocycles. The Balaban J connectivity index is 1.10. The highest BCUT2D eigenvalue weighted by Gasteiger charge is 2.50. The topological polar surface area (TPSA) is 263 Å². The number of azo groups is 2. The zero-order valence-electron chi connectivity index (χ0n) is 31.3. The van der Waals surface area contributed by atoms with E-state index >= 15 is 0 Å². The van der Waals surface area contributed by atoms with Gasteiger partial charge < -0.3 is 20.9 Å². The van der Waals surface area contributed by atoms with Crippen molar-refractivity contribution < 1.29 is 43.8 Å². The van der Waals surface area contributed by atoms with E-state index in [0.717, 1.165) is 23.6 Å². The first-order chi connectivity index (χ1) is 25.5. The van der Waals surface area contributed by atoms with Crippen LogP contribution in [0.1, 0.15) is 103 Å². The SMILES string of the molecule is COC1CCC(SS(=O)(=O)C2CCC(OC)C(N=NC3CCC(N)C4C3CCCC4S(=O)(=O)O)C2)CC1N=NC1CCC(N)C2C1CCCC2S(=O)(=O)O. The third kappa shape index (κ3) is 9.54. The van der Waals surface area contributed by atoms with Crippen molar-refractivity contribution in [2.45, 2.75) is 172 Å². The van der Waals surface area contributed by atoms with Crippen molar-refractivity contribution in [1.29, 1.82) is 0 Å². The summed E-state index contributed by atoms with van der Waals surface area (Å²) in [7, 11) is -7.91. The molecule has 0 aliphatic heterocycles. The Morgan fingerprint density at radius 3 is 1.46 bits per heavy atom. The Hall–Kier alpha value is -0.840. The van der Waals surface area contributed by atoms with Crippen LogP contribution < -0.4 is 11.5 Å². The molecule has 0 bridgehead atoms. The van der Waals surface area contributed by atoms with Crippen LogP contribution in [0.4, 0.5) is 0 Å². The molecule has 6 N–H and O–H groups in total. The Kier molecular flexibility index (Phi) is 13.9. The lowest BCUT2D eigenvalue weighted by Crippen LogP contribution is -2.54. The van der Waals surface area contributed by atoms with E-state index in [9.17, 15) is 34.4 Å². The second-order valence-corrected chi connectivity index (χ2v) is 24.4. The quantitative estimate of drug-likeness (QED) is 0.130. The van der Waals surface area contributed by atoms with Gasteiger partial charge in [-0.3, -0.25) is 9.11 Å². The highest BCUT2D eigenvalue weighted by molar-refractivity contribution is 8.72. The zero-order chi connectivity index (χ0) is 39.0. The first kappa shape index (κ1) is 42.8. The number of hydrogen-bond acceptors (Lipinski definition) is 15. The van der Waals surface area contributed by atoms with Gasteiger partial charge in [-0.25, -0.2) is 8.42 Å². The number of fused-ring (bicyclic) bond motifs is 2. The molecule has 6 fully saturated rings. The van der Waals surface area contributed by atoms with Crippen molar-refractivity contribution in [3.8, 4) is 0 Å². The Morgan fingerprint density at radius 2 is 1.00 bits per heavy atom. The zero-order valence-corrected chi connectivity index (χ0v) is 34.6. The summed E-state index contributed by atoms with van der Waals surface area (Å²) in [5.41, 5.74) is 12.8. The molecule has 0 aromatic carbocycles. The van der Waals surface area contributed by atoms with Crippen molar-refractivity contribution in [2.24, 2.45) is 55.6 Å².